The van der Waals surface area contributed by atoms with Gasteiger partial charge in [-0.3, -0.25) is 4.90 Å². The van der Waals surface area contributed by atoms with Crippen molar-refractivity contribution in [3.8, 4) is 11.8 Å². The molecule has 0 saturated heterocycles. The van der Waals surface area contributed by atoms with E-state index in [1.165, 1.54) is 11.1 Å². The number of nitrogens with zero attached hydrogens (tertiary/aromatic N) is 3. The third kappa shape index (κ3) is 6.16. The number of aliphatic hydroxyl groups excluding tert-OH is 1. The predicted molar refractivity (Wildman–Crippen MR) is 105 cm³/mol. The van der Waals surface area contributed by atoms with Gasteiger partial charge in [0.25, 0.3) is 0 Å². The highest BCUT2D eigenvalue weighted by molar-refractivity contribution is 5.29. The Balaban J connectivity index is 1.65. The van der Waals surface area contributed by atoms with Crippen molar-refractivity contribution in [1.29, 1.82) is 0 Å². The Bertz CT molecular complexity index is 795. The fourth-order valence-electron chi connectivity index (χ4n) is 2.89. The number of hydrogen-bond donors (Lipinski definition) is 1. The van der Waals surface area contributed by atoms with Crippen LogP contribution in [0.3, 0.4) is 0 Å². The van der Waals surface area contributed by atoms with Crippen LogP contribution in [0.15, 0.2) is 73.1 Å². The molecule has 0 aliphatic heterocycles. The van der Waals surface area contributed by atoms with Crippen molar-refractivity contribution in [1.82, 2.24) is 14.9 Å². The minimum atomic E-state index is 0.190. The summed E-state index contributed by atoms with van der Waals surface area (Å²) in [6.45, 7) is 4.74. The summed E-state index contributed by atoms with van der Waals surface area (Å²) in [7, 11) is 0. The van der Waals surface area contributed by atoms with Crippen LogP contribution in [0.4, 0.5) is 0 Å². The molecule has 0 radical (unpaired) electrons. The quantitative estimate of drug-likeness (QED) is 0.625. The third-order valence-corrected chi connectivity index (χ3v) is 4.21. The largest absolute Gasteiger partial charge is 0.424 e. The normalized spacial score (nSPS) is 12.1. The van der Waals surface area contributed by atoms with Crippen LogP contribution in [-0.4, -0.2) is 33.1 Å². The Morgan fingerprint density at radius 1 is 0.889 bits per heavy atom. The van der Waals surface area contributed by atoms with Crippen LogP contribution < -0.4 is 4.74 Å². The van der Waals surface area contributed by atoms with Crippen LogP contribution in [0.2, 0.25) is 0 Å². The Morgan fingerprint density at radius 2 is 1.52 bits per heavy atom. The van der Waals surface area contributed by atoms with Gasteiger partial charge in [0, 0.05) is 38.6 Å². The Labute approximate surface area is 160 Å². The first-order valence-corrected chi connectivity index (χ1v) is 9.14. The second kappa shape index (κ2) is 9.80. The molecule has 1 N–H and O–H groups in total. The van der Waals surface area contributed by atoms with Crippen molar-refractivity contribution in [2.24, 2.45) is 5.92 Å². The first-order valence-electron chi connectivity index (χ1n) is 9.14. The number of aromatic nitrogens is 2. The maximum Gasteiger partial charge on any atom is 0.321 e. The summed E-state index contributed by atoms with van der Waals surface area (Å²) in [5.41, 5.74) is 2.46. The van der Waals surface area contributed by atoms with Crippen molar-refractivity contribution in [2.45, 2.75) is 20.0 Å². The van der Waals surface area contributed by atoms with Crippen molar-refractivity contribution in [2.75, 3.05) is 13.2 Å². The summed E-state index contributed by atoms with van der Waals surface area (Å²) in [5.74, 6) is 0.940. The summed E-state index contributed by atoms with van der Waals surface area (Å²) in [4.78, 5) is 10.5. The van der Waals surface area contributed by atoms with E-state index in [0.29, 0.717) is 11.8 Å². The van der Waals surface area contributed by atoms with Gasteiger partial charge in [-0.1, -0.05) is 49.4 Å². The van der Waals surface area contributed by atoms with Gasteiger partial charge in [-0.05, 0) is 35.2 Å². The van der Waals surface area contributed by atoms with E-state index in [1.807, 2.05) is 18.2 Å². The molecule has 0 aliphatic carbocycles. The summed E-state index contributed by atoms with van der Waals surface area (Å²) < 4.78 is 5.65. The van der Waals surface area contributed by atoms with Crippen molar-refractivity contribution < 1.29 is 9.84 Å². The molecule has 5 heteroatoms. The van der Waals surface area contributed by atoms with Gasteiger partial charge in [0.05, 0.1) is 0 Å². The van der Waals surface area contributed by atoms with Crippen molar-refractivity contribution in [3.63, 3.8) is 0 Å². The van der Waals surface area contributed by atoms with Gasteiger partial charge in [-0.2, -0.15) is 0 Å². The summed E-state index contributed by atoms with van der Waals surface area (Å²) in [6.07, 6.45) is 3.31. The van der Waals surface area contributed by atoms with Crippen molar-refractivity contribution in [3.05, 3.63) is 84.2 Å². The molecule has 27 heavy (non-hydrogen) atoms. The monoisotopic (exact) mass is 363 g/mol. The molecule has 2 aromatic carbocycles. The molecule has 5 nitrogen and oxygen atoms in total. The van der Waals surface area contributed by atoms with Gasteiger partial charge in [0.15, 0.2) is 0 Å². The summed E-state index contributed by atoms with van der Waals surface area (Å²) >= 11 is 0. The third-order valence-electron chi connectivity index (χ3n) is 4.21. The van der Waals surface area contributed by atoms with Crippen LogP contribution in [0, 0.1) is 5.92 Å². The van der Waals surface area contributed by atoms with E-state index < -0.39 is 0 Å². The molecule has 0 fully saturated rings. The lowest BCUT2D eigenvalue weighted by Gasteiger charge is -2.25. The minimum Gasteiger partial charge on any atom is -0.424 e. The van der Waals surface area contributed by atoms with Gasteiger partial charge in [-0.25, -0.2) is 9.97 Å². The molecule has 3 rings (SSSR count). The number of ether oxygens (including phenoxy) is 1. The standard InChI is InChI=1S/C22H25N3O2/c1-18(17-26)14-25(15-19-6-3-2-4-7-19)16-20-8-10-21(11-9-20)27-22-23-12-5-13-24-22/h2-13,18,26H,14-17H2,1H3/t18-/m1/s1. The van der Waals surface area contributed by atoms with Crippen LogP contribution in [0.1, 0.15) is 18.1 Å². The Kier molecular flexibility index (Phi) is 6.90. The molecule has 0 bridgehead atoms. The summed E-state index contributed by atoms with van der Waals surface area (Å²) in [5, 5.41) is 9.44. The zero-order valence-electron chi connectivity index (χ0n) is 15.5. The second-order valence-electron chi connectivity index (χ2n) is 6.72. The maximum absolute atomic E-state index is 9.44. The molecule has 0 saturated carbocycles. The lowest BCUT2D eigenvalue weighted by Crippen LogP contribution is -2.29. The van der Waals surface area contributed by atoms with E-state index in [9.17, 15) is 5.11 Å². The Morgan fingerprint density at radius 3 is 2.15 bits per heavy atom. The summed E-state index contributed by atoms with van der Waals surface area (Å²) in [6, 6.07) is 20.5. The second-order valence-corrected chi connectivity index (χ2v) is 6.72. The minimum absolute atomic E-state index is 0.190. The SMILES string of the molecule is C[C@@H](CO)CN(Cc1ccccc1)Cc1ccc(Oc2ncccn2)cc1. The zero-order chi connectivity index (χ0) is 18.9. The van der Waals surface area contributed by atoms with Crippen LogP contribution in [0.5, 0.6) is 11.8 Å². The lowest BCUT2D eigenvalue weighted by atomic mass is 10.1. The van der Waals surface area contributed by atoms with Crippen LogP contribution >= 0.6 is 0 Å². The van der Waals surface area contributed by atoms with E-state index in [2.05, 4.69) is 58.2 Å². The van der Waals surface area contributed by atoms with E-state index in [-0.39, 0.29) is 12.5 Å². The first kappa shape index (κ1) is 19.0. The molecule has 0 aliphatic rings. The number of rotatable bonds is 9. The van der Waals surface area contributed by atoms with Crippen LogP contribution in [0.25, 0.3) is 0 Å². The first-order chi connectivity index (χ1) is 13.2. The highest BCUT2D eigenvalue weighted by atomic mass is 16.5. The molecule has 1 aromatic heterocycles. The fraction of sp³-hybridized carbons (Fsp3) is 0.273. The Hall–Kier alpha value is -2.76. The van der Waals surface area contributed by atoms with Gasteiger partial charge in [-0.15, -0.1) is 0 Å². The molecular formula is C22H25N3O2. The molecule has 1 heterocycles. The molecule has 0 unspecified atom stereocenters. The topological polar surface area (TPSA) is 58.5 Å². The molecule has 0 amide bonds. The zero-order valence-corrected chi connectivity index (χ0v) is 15.5. The van der Waals surface area contributed by atoms with Crippen molar-refractivity contribution >= 4 is 0 Å². The lowest BCUT2D eigenvalue weighted by molar-refractivity contribution is 0.163. The van der Waals surface area contributed by atoms with Gasteiger partial charge >= 0.3 is 6.01 Å². The van der Waals surface area contributed by atoms with E-state index in [0.717, 1.165) is 19.6 Å². The van der Waals surface area contributed by atoms with E-state index in [1.54, 1.807) is 18.5 Å². The van der Waals surface area contributed by atoms with Crippen LogP contribution in [-0.2, 0) is 13.1 Å². The van der Waals surface area contributed by atoms with E-state index in [4.69, 9.17) is 4.74 Å². The number of benzene rings is 2. The average molecular weight is 363 g/mol. The molecule has 3 aromatic rings. The highest BCUT2D eigenvalue weighted by Gasteiger charge is 2.11. The smallest absolute Gasteiger partial charge is 0.321 e. The van der Waals surface area contributed by atoms with E-state index >= 15 is 0 Å². The highest BCUT2D eigenvalue weighted by Crippen LogP contribution is 2.19. The van der Waals surface area contributed by atoms with Gasteiger partial charge < -0.3 is 9.84 Å². The molecule has 1 atom stereocenters. The van der Waals surface area contributed by atoms with Gasteiger partial charge in [0.1, 0.15) is 5.75 Å². The average Bonchev–Trinajstić information content (AvgIpc) is 2.71. The maximum atomic E-state index is 9.44. The van der Waals surface area contributed by atoms with Gasteiger partial charge in [0.2, 0.25) is 0 Å². The molecule has 140 valence electrons. The molecular weight excluding hydrogens is 338 g/mol. The molecule has 0 spiro atoms. The fourth-order valence-corrected chi connectivity index (χ4v) is 2.89. The predicted octanol–water partition coefficient (Wildman–Crippen LogP) is 3.90. The number of aliphatic hydroxyl groups is 1. The number of hydrogen-bond acceptors (Lipinski definition) is 5.